The van der Waals surface area contributed by atoms with Gasteiger partial charge < -0.3 is 4.74 Å². The number of carbonyl (C=O) groups is 4. The van der Waals surface area contributed by atoms with Crippen molar-refractivity contribution in [2.24, 2.45) is 0 Å². The molecule has 200 valence electrons. The molecular weight excluding hydrogens is 549 g/mol. The van der Waals surface area contributed by atoms with Crippen LogP contribution in [0.4, 0.5) is 5.69 Å². The van der Waals surface area contributed by atoms with E-state index < -0.39 is 23.9 Å². The molecule has 6 nitrogen and oxygen atoms in total. The van der Waals surface area contributed by atoms with E-state index in [0.717, 1.165) is 16.0 Å². The molecule has 0 saturated carbocycles. The number of ether oxygens (including phenoxy) is 1. The van der Waals surface area contributed by atoms with Crippen molar-refractivity contribution in [3.05, 3.63) is 133 Å². The highest BCUT2D eigenvalue weighted by Gasteiger charge is 2.38. The van der Waals surface area contributed by atoms with Gasteiger partial charge in [0, 0.05) is 11.1 Å². The molecule has 0 fully saturated rings. The zero-order chi connectivity index (χ0) is 28.7. The Balaban J connectivity index is 1.48. The molecule has 1 aliphatic heterocycles. The highest BCUT2D eigenvalue weighted by molar-refractivity contribution is 6.44. The van der Waals surface area contributed by atoms with E-state index in [4.69, 9.17) is 27.9 Å². The fourth-order valence-electron chi connectivity index (χ4n) is 4.55. The monoisotopic (exact) mass is 571 g/mol. The number of anilines is 1. The van der Waals surface area contributed by atoms with Crippen molar-refractivity contribution in [2.75, 3.05) is 4.90 Å². The summed E-state index contributed by atoms with van der Waals surface area (Å²) in [6.07, 6.45) is -1.20. The SMILES string of the molecule is Cc1ccc(C(=O)[C@H](OC(=O)c2ccc(C)c(N3C(=O)c4cc(Cl)c(Cl)cc4C3=O)c2)c2ccccc2)cc1C. The van der Waals surface area contributed by atoms with Gasteiger partial charge in [-0.15, -0.1) is 0 Å². The van der Waals surface area contributed by atoms with Gasteiger partial charge in [0.1, 0.15) is 0 Å². The van der Waals surface area contributed by atoms with Crippen LogP contribution >= 0.6 is 23.2 Å². The third kappa shape index (κ3) is 4.92. The number of fused-ring (bicyclic) bond motifs is 1. The Bertz CT molecular complexity index is 1670. The van der Waals surface area contributed by atoms with Gasteiger partial charge in [0.2, 0.25) is 5.78 Å². The number of Topliss-reactive ketones (excluding diaryl/α,β-unsaturated/α-hetero) is 1. The van der Waals surface area contributed by atoms with Crippen LogP contribution in [0.1, 0.15) is 69.8 Å². The largest absolute Gasteiger partial charge is 0.445 e. The predicted octanol–water partition coefficient (Wildman–Crippen LogP) is 7.50. The van der Waals surface area contributed by atoms with E-state index in [1.165, 1.54) is 24.3 Å². The number of hydrogen-bond donors (Lipinski definition) is 0. The van der Waals surface area contributed by atoms with Crippen molar-refractivity contribution in [3.63, 3.8) is 0 Å². The lowest BCUT2D eigenvalue weighted by Crippen LogP contribution is -2.30. The summed E-state index contributed by atoms with van der Waals surface area (Å²) in [5.74, 6) is -2.32. The van der Waals surface area contributed by atoms with Gasteiger partial charge in [0.15, 0.2) is 6.10 Å². The average molecular weight is 572 g/mol. The van der Waals surface area contributed by atoms with E-state index in [2.05, 4.69) is 0 Å². The summed E-state index contributed by atoms with van der Waals surface area (Å²) >= 11 is 12.2. The summed E-state index contributed by atoms with van der Waals surface area (Å²) in [5, 5.41) is 0.302. The van der Waals surface area contributed by atoms with Gasteiger partial charge in [0.05, 0.1) is 32.4 Å². The lowest BCUT2D eigenvalue weighted by molar-refractivity contribution is 0.0280. The molecule has 1 atom stereocenters. The molecule has 0 N–H and O–H groups in total. The number of carbonyl (C=O) groups excluding carboxylic acids is 4. The van der Waals surface area contributed by atoms with Crippen molar-refractivity contribution in [1.82, 2.24) is 0 Å². The van der Waals surface area contributed by atoms with E-state index in [0.29, 0.717) is 16.7 Å². The Morgan fingerprint density at radius 1 is 0.700 bits per heavy atom. The first-order valence-corrected chi connectivity index (χ1v) is 13.2. The molecule has 0 unspecified atom stereocenters. The quantitative estimate of drug-likeness (QED) is 0.136. The van der Waals surface area contributed by atoms with Gasteiger partial charge in [-0.1, -0.05) is 71.7 Å². The first-order chi connectivity index (χ1) is 19.1. The number of halogens is 2. The molecule has 0 saturated heterocycles. The highest BCUT2D eigenvalue weighted by Crippen LogP contribution is 2.36. The third-order valence-electron chi connectivity index (χ3n) is 6.97. The van der Waals surface area contributed by atoms with Crippen molar-refractivity contribution in [2.45, 2.75) is 26.9 Å². The maximum atomic E-state index is 13.6. The smallest absolute Gasteiger partial charge is 0.339 e. The molecule has 0 radical (unpaired) electrons. The molecule has 1 aliphatic rings. The molecule has 4 aromatic rings. The Labute approximate surface area is 241 Å². The fraction of sp³-hybridized carbons (Fsp3) is 0.125. The van der Waals surface area contributed by atoms with Crippen LogP contribution < -0.4 is 4.90 Å². The van der Waals surface area contributed by atoms with Crippen LogP contribution in [0.15, 0.2) is 78.9 Å². The summed E-state index contributed by atoms with van der Waals surface area (Å²) < 4.78 is 5.80. The third-order valence-corrected chi connectivity index (χ3v) is 7.69. The molecular formula is C32H23Cl2NO5. The van der Waals surface area contributed by atoms with Crippen molar-refractivity contribution >= 4 is 52.5 Å². The maximum Gasteiger partial charge on any atom is 0.339 e. The lowest BCUT2D eigenvalue weighted by atomic mass is 9.97. The second-order valence-corrected chi connectivity index (χ2v) is 10.4. The van der Waals surface area contributed by atoms with Crippen LogP contribution in [0, 0.1) is 20.8 Å². The minimum absolute atomic E-state index is 0.0713. The molecule has 0 spiro atoms. The van der Waals surface area contributed by atoms with Crippen LogP contribution in [0.25, 0.3) is 0 Å². The predicted molar refractivity (Wildman–Crippen MR) is 154 cm³/mol. The van der Waals surface area contributed by atoms with E-state index in [1.807, 2.05) is 19.9 Å². The average Bonchev–Trinajstić information content (AvgIpc) is 3.17. The molecule has 40 heavy (non-hydrogen) atoms. The molecule has 2 amide bonds. The number of imide groups is 1. The number of amides is 2. The number of rotatable bonds is 6. The number of esters is 1. The normalized spacial score (nSPS) is 13.3. The molecule has 8 heteroatoms. The van der Waals surface area contributed by atoms with Crippen molar-refractivity contribution in [3.8, 4) is 0 Å². The van der Waals surface area contributed by atoms with Gasteiger partial charge >= 0.3 is 5.97 Å². The first-order valence-electron chi connectivity index (χ1n) is 12.4. The van der Waals surface area contributed by atoms with E-state index in [9.17, 15) is 19.2 Å². The van der Waals surface area contributed by atoms with Crippen LogP contribution in [0.5, 0.6) is 0 Å². The topological polar surface area (TPSA) is 80.8 Å². The number of nitrogens with zero attached hydrogens (tertiary/aromatic N) is 1. The molecule has 1 heterocycles. The van der Waals surface area contributed by atoms with Gasteiger partial charge in [-0.3, -0.25) is 14.4 Å². The number of aryl methyl sites for hydroxylation is 3. The standard InChI is InChI=1S/C32H23Cl2NO5/c1-17-9-11-21(13-19(17)3)28(36)29(20-7-5-4-6-8-20)40-32(39)22-12-10-18(2)27(14-22)35-30(37)23-15-25(33)26(34)16-24(23)31(35)38/h4-16,29H,1-3H3/t29-/m1/s1. The minimum atomic E-state index is -1.20. The minimum Gasteiger partial charge on any atom is -0.445 e. The number of hydrogen-bond acceptors (Lipinski definition) is 5. The number of benzene rings is 4. The second-order valence-electron chi connectivity index (χ2n) is 9.62. The van der Waals surface area contributed by atoms with Crippen LogP contribution in [-0.4, -0.2) is 23.6 Å². The zero-order valence-electron chi connectivity index (χ0n) is 21.8. The van der Waals surface area contributed by atoms with Gasteiger partial charge in [-0.05, 0) is 67.8 Å². The maximum absolute atomic E-state index is 13.6. The lowest BCUT2D eigenvalue weighted by Gasteiger charge is -2.20. The molecule has 0 bridgehead atoms. The molecule has 4 aromatic carbocycles. The summed E-state index contributed by atoms with van der Waals surface area (Å²) in [5.41, 5.74) is 4.01. The summed E-state index contributed by atoms with van der Waals surface area (Å²) in [4.78, 5) is 54.4. The van der Waals surface area contributed by atoms with Crippen molar-refractivity contribution in [1.29, 1.82) is 0 Å². The van der Waals surface area contributed by atoms with Crippen molar-refractivity contribution < 1.29 is 23.9 Å². The Hall–Kier alpha value is -4.26. The summed E-state index contributed by atoms with van der Waals surface area (Å²) in [6.45, 7) is 5.57. The Morgan fingerprint density at radius 3 is 1.88 bits per heavy atom. The summed E-state index contributed by atoms with van der Waals surface area (Å²) in [7, 11) is 0. The Morgan fingerprint density at radius 2 is 1.27 bits per heavy atom. The van der Waals surface area contributed by atoms with Crippen LogP contribution in [0.3, 0.4) is 0 Å². The van der Waals surface area contributed by atoms with Crippen LogP contribution in [0.2, 0.25) is 10.0 Å². The van der Waals surface area contributed by atoms with Gasteiger partial charge in [-0.25, -0.2) is 9.69 Å². The summed E-state index contributed by atoms with van der Waals surface area (Å²) in [6, 6.07) is 21.3. The highest BCUT2D eigenvalue weighted by atomic mass is 35.5. The molecule has 0 aliphatic carbocycles. The molecule has 5 rings (SSSR count). The molecule has 0 aromatic heterocycles. The van der Waals surface area contributed by atoms with Gasteiger partial charge in [0.25, 0.3) is 11.8 Å². The van der Waals surface area contributed by atoms with Gasteiger partial charge in [-0.2, -0.15) is 0 Å². The van der Waals surface area contributed by atoms with E-state index >= 15 is 0 Å². The van der Waals surface area contributed by atoms with E-state index in [1.54, 1.807) is 55.5 Å². The zero-order valence-corrected chi connectivity index (χ0v) is 23.3. The second kappa shape index (κ2) is 10.7. The fourth-order valence-corrected chi connectivity index (χ4v) is 4.88. The van der Waals surface area contributed by atoms with Crippen LogP contribution in [-0.2, 0) is 4.74 Å². The van der Waals surface area contributed by atoms with E-state index in [-0.39, 0.29) is 38.2 Å². The Kier molecular flexibility index (Phi) is 7.32. The first kappa shape index (κ1) is 27.3. The number of ketones is 1.